The van der Waals surface area contributed by atoms with E-state index in [1.54, 1.807) is 17.1 Å². The molecule has 2 aromatic rings. The average molecular weight is 246 g/mol. The van der Waals surface area contributed by atoms with Crippen LogP contribution >= 0.6 is 0 Å². The maximum absolute atomic E-state index is 8.81. The van der Waals surface area contributed by atoms with Gasteiger partial charge in [-0.1, -0.05) is 0 Å². The Morgan fingerprint density at radius 1 is 1.39 bits per heavy atom. The van der Waals surface area contributed by atoms with Gasteiger partial charge in [-0.2, -0.15) is 5.10 Å². The Morgan fingerprint density at radius 2 is 2.17 bits per heavy atom. The maximum atomic E-state index is 8.81. The van der Waals surface area contributed by atoms with Gasteiger partial charge < -0.3 is 10.4 Å². The topological polar surface area (TPSA) is 63.0 Å². The number of aliphatic hydroxyl groups excluding tert-OH is 1. The molecule has 0 radical (unpaired) electrons. The van der Waals surface area contributed by atoms with Crippen molar-refractivity contribution in [2.24, 2.45) is 0 Å². The third kappa shape index (κ3) is 3.38. The molecular weight excluding hydrogens is 228 g/mol. The molecule has 0 bridgehead atoms. The Labute approximate surface area is 106 Å². The standard InChI is InChI=1S/C13H18N4O/c1-11(13-2-4-14-5-3-13)15-8-12-9-16-17(10-12)6-7-18/h2-5,9-11,15,18H,6-8H2,1H3/t11-/m1/s1. The van der Waals surface area contributed by atoms with E-state index in [1.807, 2.05) is 24.5 Å². The molecule has 2 heterocycles. The number of pyridine rings is 1. The average Bonchev–Trinajstić information content (AvgIpc) is 2.85. The Balaban J connectivity index is 1.87. The van der Waals surface area contributed by atoms with E-state index in [1.165, 1.54) is 5.56 Å². The lowest BCUT2D eigenvalue weighted by Crippen LogP contribution is -2.17. The Bertz CT molecular complexity index is 469. The van der Waals surface area contributed by atoms with Gasteiger partial charge in [0.1, 0.15) is 0 Å². The van der Waals surface area contributed by atoms with Crippen LogP contribution in [-0.4, -0.2) is 26.5 Å². The van der Waals surface area contributed by atoms with E-state index >= 15 is 0 Å². The highest BCUT2D eigenvalue weighted by Crippen LogP contribution is 2.11. The van der Waals surface area contributed by atoms with Crippen LogP contribution in [0.25, 0.3) is 0 Å². The molecule has 0 saturated carbocycles. The molecule has 5 heteroatoms. The van der Waals surface area contributed by atoms with Gasteiger partial charge in [-0.15, -0.1) is 0 Å². The van der Waals surface area contributed by atoms with E-state index in [2.05, 4.69) is 22.3 Å². The summed E-state index contributed by atoms with van der Waals surface area (Å²) in [7, 11) is 0. The third-order valence-corrected chi connectivity index (χ3v) is 2.83. The summed E-state index contributed by atoms with van der Waals surface area (Å²) in [5.41, 5.74) is 2.33. The van der Waals surface area contributed by atoms with Gasteiger partial charge >= 0.3 is 0 Å². The zero-order valence-corrected chi connectivity index (χ0v) is 10.5. The minimum Gasteiger partial charge on any atom is -0.394 e. The van der Waals surface area contributed by atoms with Crippen molar-refractivity contribution < 1.29 is 5.11 Å². The van der Waals surface area contributed by atoms with E-state index in [9.17, 15) is 0 Å². The predicted octanol–water partition coefficient (Wildman–Crippen LogP) is 1.12. The molecule has 0 amide bonds. The molecule has 0 unspecified atom stereocenters. The van der Waals surface area contributed by atoms with Crippen LogP contribution in [0.3, 0.4) is 0 Å². The number of hydrogen-bond acceptors (Lipinski definition) is 4. The normalized spacial score (nSPS) is 12.6. The summed E-state index contributed by atoms with van der Waals surface area (Å²) in [4.78, 5) is 4.01. The van der Waals surface area contributed by atoms with Crippen LogP contribution in [0.1, 0.15) is 24.1 Å². The summed E-state index contributed by atoms with van der Waals surface area (Å²) in [5, 5.41) is 16.4. The van der Waals surface area contributed by atoms with Crippen molar-refractivity contribution in [2.45, 2.75) is 26.1 Å². The first-order valence-corrected chi connectivity index (χ1v) is 6.05. The summed E-state index contributed by atoms with van der Waals surface area (Å²) < 4.78 is 1.74. The molecule has 0 aliphatic rings. The minimum atomic E-state index is 0.113. The highest BCUT2D eigenvalue weighted by molar-refractivity contribution is 5.14. The Morgan fingerprint density at radius 3 is 2.89 bits per heavy atom. The largest absolute Gasteiger partial charge is 0.394 e. The maximum Gasteiger partial charge on any atom is 0.0640 e. The molecule has 0 spiro atoms. The van der Waals surface area contributed by atoms with Crippen LogP contribution in [0, 0.1) is 0 Å². The second-order valence-corrected chi connectivity index (χ2v) is 4.22. The zero-order valence-electron chi connectivity index (χ0n) is 10.5. The minimum absolute atomic E-state index is 0.113. The van der Waals surface area contributed by atoms with Crippen molar-refractivity contribution >= 4 is 0 Å². The highest BCUT2D eigenvalue weighted by Gasteiger charge is 2.05. The highest BCUT2D eigenvalue weighted by atomic mass is 16.3. The Kier molecular flexibility index (Phi) is 4.44. The van der Waals surface area contributed by atoms with Gasteiger partial charge in [-0.25, -0.2) is 0 Å². The van der Waals surface area contributed by atoms with E-state index < -0.39 is 0 Å². The summed E-state index contributed by atoms with van der Waals surface area (Å²) in [6, 6.07) is 4.29. The predicted molar refractivity (Wildman–Crippen MR) is 68.8 cm³/mol. The molecule has 0 aromatic carbocycles. The molecule has 0 fully saturated rings. The first-order chi connectivity index (χ1) is 8.79. The molecule has 5 nitrogen and oxygen atoms in total. The number of rotatable bonds is 6. The number of nitrogens with one attached hydrogen (secondary N) is 1. The fourth-order valence-corrected chi connectivity index (χ4v) is 1.76. The second-order valence-electron chi connectivity index (χ2n) is 4.22. The Hall–Kier alpha value is -1.72. The van der Waals surface area contributed by atoms with E-state index in [0.717, 1.165) is 12.1 Å². The SMILES string of the molecule is C[C@@H](NCc1cnn(CCO)c1)c1ccncc1. The molecule has 18 heavy (non-hydrogen) atoms. The molecule has 0 aliphatic carbocycles. The number of hydrogen-bond donors (Lipinski definition) is 2. The second kappa shape index (κ2) is 6.28. The van der Waals surface area contributed by atoms with Crippen molar-refractivity contribution in [3.05, 3.63) is 48.0 Å². The van der Waals surface area contributed by atoms with Gasteiger partial charge in [0, 0.05) is 36.7 Å². The first-order valence-electron chi connectivity index (χ1n) is 6.05. The number of aliphatic hydroxyl groups is 1. The molecule has 2 aromatic heterocycles. The van der Waals surface area contributed by atoms with Crippen molar-refractivity contribution in [2.75, 3.05) is 6.61 Å². The molecule has 2 N–H and O–H groups in total. The van der Waals surface area contributed by atoms with Gasteiger partial charge in [0.25, 0.3) is 0 Å². The van der Waals surface area contributed by atoms with E-state index in [4.69, 9.17) is 5.11 Å². The molecule has 2 rings (SSSR count). The summed E-state index contributed by atoms with van der Waals surface area (Å²) in [5.74, 6) is 0. The summed E-state index contributed by atoms with van der Waals surface area (Å²) >= 11 is 0. The van der Waals surface area contributed by atoms with Crippen molar-refractivity contribution in [3.8, 4) is 0 Å². The molecular formula is C13H18N4O. The fraction of sp³-hybridized carbons (Fsp3) is 0.385. The quantitative estimate of drug-likeness (QED) is 0.802. The number of aromatic nitrogens is 3. The molecule has 1 atom stereocenters. The summed E-state index contributed by atoms with van der Waals surface area (Å²) in [6.45, 7) is 3.53. The van der Waals surface area contributed by atoms with Crippen LogP contribution in [0.4, 0.5) is 0 Å². The van der Waals surface area contributed by atoms with Crippen LogP contribution in [0.2, 0.25) is 0 Å². The lowest BCUT2D eigenvalue weighted by atomic mass is 10.1. The van der Waals surface area contributed by atoms with Crippen LogP contribution in [-0.2, 0) is 13.1 Å². The van der Waals surface area contributed by atoms with Crippen LogP contribution in [0.5, 0.6) is 0 Å². The first kappa shape index (κ1) is 12.7. The summed E-state index contributed by atoms with van der Waals surface area (Å²) in [6.07, 6.45) is 7.37. The monoisotopic (exact) mass is 246 g/mol. The lowest BCUT2D eigenvalue weighted by Gasteiger charge is -2.12. The van der Waals surface area contributed by atoms with Gasteiger partial charge in [0.2, 0.25) is 0 Å². The van der Waals surface area contributed by atoms with E-state index in [0.29, 0.717) is 6.54 Å². The van der Waals surface area contributed by atoms with Crippen molar-refractivity contribution in [1.82, 2.24) is 20.1 Å². The van der Waals surface area contributed by atoms with Crippen LogP contribution < -0.4 is 5.32 Å². The molecule has 0 saturated heterocycles. The van der Waals surface area contributed by atoms with Crippen molar-refractivity contribution in [3.63, 3.8) is 0 Å². The van der Waals surface area contributed by atoms with Crippen molar-refractivity contribution in [1.29, 1.82) is 0 Å². The van der Waals surface area contributed by atoms with Gasteiger partial charge in [-0.05, 0) is 24.6 Å². The zero-order chi connectivity index (χ0) is 12.8. The molecule has 0 aliphatic heterocycles. The number of nitrogens with zero attached hydrogens (tertiary/aromatic N) is 3. The van der Waals surface area contributed by atoms with Gasteiger partial charge in [-0.3, -0.25) is 9.67 Å². The lowest BCUT2D eigenvalue weighted by molar-refractivity contribution is 0.269. The molecule has 96 valence electrons. The van der Waals surface area contributed by atoms with Crippen LogP contribution in [0.15, 0.2) is 36.9 Å². The fourth-order valence-electron chi connectivity index (χ4n) is 1.76. The smallest absolute Gasteiger partial charge is 0.0640 e. The third-order valence-electron chi connectivity index (χ3n) is 2.83. The van der Waals surface area contributed by atoms with E-state index in [-0.39, 0.29) is 12.6 Å². The van der Waals surface area contributed by atoms with Gasteiger partial charge in [0.15, 0.2) is 0 Å². The van der Waals surface area contributed by atoms with Gasteiger partial charge in [0.05, 0.1) is 19.3 Å².